The van der Waals surface area contributed by atoms with Crippen LogP contribution in [0.5, 0.6) is 0 Å². The van der Waals surface area contributed by atoms with Crippen molar-refractivity contribution < 1.29 is 4.74 Å². The van der Waals surface area contributed by atoms with Crippen molar-refractivity contribution in [2.45, 2.75) is 6.61 Å². The van der Waals surface area contributed by atoms with Crippen LogP contribution in [0, 0.1) is 0 Å². The first kappa shape index (κ1) is 7.69. The molecule has 3 heteroatoms. The van der Waals surface area contributed by atoms with E-state index in [9.17, 15) is 0 Å². The lowest BCUT2D eigenvalue weighted by atomic mass is 10.3. The van der Waals surface area contributed by atoms with Crippen LogP contribution in [0.4, 0.5) is 0 Å². The lowest BCUT2D eigenvalue weighted by Crippen LogP contribution is -1.87. The van der Waals surface area contributed by atoms with Gasteiger partial charge in [0.1, 0.15) is 4.60 Å². The summed E-state index contributed by atoms with van der Waals surface area (Å²) in [7, 11) is 1.67. The third-order valence-electron chi connectivity index (χ3n) is 1.10. The molecule has 1 aromatic heterocycles. The van der Waals surface area contributed by atoms with Crippen molar-refractivity contribution in [1.29, 1.82) is 0 Å². The molecule has 0 N–H and O–H groups in total. The molecular weight excluding hydrogens is 194 g/mol. The largest absolute Gasteiger partial charge is 0.380 e. The summed E-state index contributed by atoms with van der Waals surface area (Å²) in [4.78, 5) is 3.98. The van der Waals surface area contributed by atoms with E-state index in [-0.39, 0.29) is 0 Å². The van der Waals surface area contributed by atoms with Gasteiger partial charge in [0.25, 0.3) is 0 Å². The molecule has 0 aliphatic carbocycles. The first-order valence-electron chi connectivity index (χ1n) is 2.92. The Kier molecular flexibility index (Phi) is 2.83. The fourth-order valence-electron chi connectivity index (χ4n) is 0.699. The molecule has 0 aliphatic heterocycles. The van der Waals surface area contributed by atoms with Gasteiger partial charge in [0.2, 0.25) is 0 Å². The van der Waals surface area contributed by atoms with E-state index in [0.29, 0.717) is 6.61 Å². The molecule has 1 rings (SSSR count). The van der Waals surface area contributed by atoms with Crippen molar-refractivity contribution >= 4 is 15.9 Å². The summed E-state index contributed by atoms with van der Waals surface area (Å²) in [5, 5.41) is 0. The van der Waals surface area contributed by atoms with Crippen LogP contribution in [-0.4, -0.2) is 12.1 Å². The highest BCUT2D eigenvalue weighted by molar-refractivity contribution is 9.10. The van der Waals surface area contributed by atoms with E-state index in [2.05, 4.69) is 20.9 Å². The molecule has 0 saturated heterocycles. The summed E-state index contributed by atoms with van der Waals surface area (Å²) in [6, 6.07) is 3.86. The maximum Gasteiger partial charge on any atom is 0.106 e. The molecule has 0 unspecified atom stereocenters. The van der Waals surface area contributed by atoms with Crippen LogP contribution < -0.4 is 0 Å². The van der Waals surface area contributed by atoms with Gasteiger partial charge in [0.05, 0.1) is 6.61 Å². The average Bonchev–Trinajstić information content (AvgIpc) is 1.88. The monoisotopic (exact) mass is 201 g/mol. The molecule has 0 amide bonds. The van der Waals surface area contributed by atoms with Crippen LogP contribution in [0.25, 0.3) is 0 Å². The zero-order valence-corrected chi connectivity index (χ0v) is 7.26. The standard InChI is InChI=1S/C7H8BrNO/c1-10-5-6-2-3-9-7(8)4-6/h2-4H,5H2,1H3. The van der Waals surface area contributed by atoms with E-state index in [1.54, 1.807) is 13.3 Å². The second-order valence-corrected chi connectivity index (χ2v) is 2.73. The van der Waals surface area contributed by atoms with Gasteiger partial charge in [0, 0.05) is 13.3 Å². The molecule has 54 valence electrons. The molecule has 0 aliphatic rings. The minimum Gasteiger partial charge on any atom is -0.380 e. The average molecular weight is 202 g/mol. The SMILES string of the molecule is COCc1ccnc(Br)c1. The predicted octanol–water partition coefficient (Wildman–Crippen LogP) is 1.99. The van der Waals surface area contributed by atoms with Gasteiger partial charge >= 0.3 is 0 Å². The smallest absolute Gasteiger partial charge is 0.106 e. The van der Waals surface area contributed by atoms with Gasteiger partial charge < -0.3 is 4.74 Å². The molecule has 0 fully saturated rings. The number of rotatable bonds is 2. The second-order valence-electron chi connectivity index (χ2n) is 1.92. The number of hydrogen-bond donors (Lipinski definition) is 0. The van der Waals surface area contributed by atoms with Gasteiger partial charge in [-0.1, -0.05) is 0 Å². The van der Waals surface area contributed by atoms with Crippen molar-refractivity contribution in [3.05, 3.63) is 28.5 Å². The van der Waals surface area contributed by atoms with Gasteiger partial charge in [0.15, 0.2) is 0 Å². The summed E-state index contributed by atoms with van der Waals surface area (Å²) in [6.07, 6.45) is 1.75. The first-order valence-corrected chi connectivity index (χ1v) is 3.71. The van der Waals surface area contributed by atoms with Crippen molar-refractivity contribution in [2.75, 3.05) is 7.11 Å². The zero-order chi connectivity index (χ0) is 7.40. The Balaban J connectivity index is 2.75. The van der Waals surface area contributed by atoms with E-state index in [0.717, 1.165) is 10.2 Å². The third-order valence-corrected chi connectivity index (χ3v) is 1.54. The Morgan fingerprint density at radius 1 is 1.70 bits per heavy atom. The number of ether oxygens (including phenoxy) is 1. The van der Waals surface area contributed by atoms with E-state index < -0.39 is 0 Å². The minimum absolute atomic E-state index is 0.640. The van der Waals surface area contributed by atoms with Crippen LogP contribution >= 0.6 is 15.9 Å². The Labute approximate surface area is 68.4 Å². The van der Waals surface area contributed by atoms with Crippen LogP contribution in [0.15, 0.2) is 22.9 Å². The highest BCUT2D eigenvalue weighted by Crippen LogP contribution is 2.08. The summed E-state index contributed by atoms with van der Waals surface area (Å²) >= 11 is 3.27. The van der Waals surface area contributed by atoms with E-state index >= 15 is 0 Å². The van der Waals surface area contributed by atoms with Crippen molar-refractivity contribution in [3.8, 4) is 0 Å². The lowest BCUT2D eigenvalue weighted by Gasteiger charge is -1.97. The zero-order valence-electron chi connectivity index (χ0n) is 5.67. The van der Waals surface area contributed by atoms with E-state index in [1.807, 2.05) is 12.1 Å². The van der Waals surface area contributed by atoms with Gasteiger partial charge in [-0.25, -0.2) is 4.98 Å². The number of pyridine rings is 1. The predicted molar refractivity (Wildman–Crippen MR) is 42.7 cm³/mol. The molecule has 0 spiro atoms. The van der Waals surface area contributed by atoms with Gasteiger partial charge in [-0.2, -0.15) is 0 Å². The Morgan fingerprint density at radius 2 is 2.50 bits per heavy atom. The lowest BCUT2D eigenvalue weighted by molar-refractivity contribution is 0.185. The van der Waals surface area contributed by atoms with Crippen molar-refractivity contribution in [3.63, 3.8) is 0 Å². The van der Waals surface area contributed by atoms with Gasteiger partial charge in [-0.05, 0) is 33.6 Å². The number of nitrogens with zero attached hydrogens (tertiary/aromatic N) is 1. The molecule has 1 aromatic rings. The fraction of sp³-hybridized carbons (Fsp3) is 0.286. The molecule has 1 heterocycles. The molecular formula is C7H8BrNO. The maximum absolute atomic E-state index is 4.93. The molecule has 0 saturated carbocycles. The summed E-state index contributed by atoms with van der Waals surface area (Å²) in [5.41, 5.74) is 1.13. The third kappa shape index (κ3) is 2.08. The van der Waals surface area contributed by atoms with Crippen LogP contribution in [0.1, 0.15) is 5.56 Å². The van der Waals surface area contributed by atoms with Crippen LogP contribution in [0.3, 0.4) is 0 Å². The normalized spacial score (nSPS) is 9.80. The number of halogens is 1. The van der Waals surface area contributed by atoms with Crippen molar-refractivity contribution in [1.82, 2.24) is 4.98 Å². The van der Waals surface area contributed by atoms with Gasteiger partial charge in [-0.3, -0.25) is 0 Å². The van der Waals surface area contributed by atoms with Crippen LogP contribution in [-0.2, 0) is 11.3 Å². The Hall–Kier alpha value is -0.410. The number of methoxy groups -OCH3 is 1. The molecule has 0 bridgehead atoms. The first-order chi connectivity index (χ1) is 4.83. The molecule has 2 nitrogen and oxygen atoms in total. The number of hydrogen-bond acceptors (Lipinski definition) is 2. The van der Waals surface area contributed by atoms with Crippen molar-refractivity contribution in [2.24, 2.45) is 0 Å². The van der Waals surface area contributed by atoms with E-state index in [1.165, 1.54) is 0 Å². The summed E-state index contributed by atoms with van der Waals surface area (Å²) < 4.78 is 5.78. The fourth-order valence-corrected chi connectivity index (χ4v) is 1.11. The quantitative estimate of drug-likeness (QED) is 0.684. The molecule has 10 heavy (non-hydrogen) atoms. The van der Waals surface area contributed by atoms with Crippen LogP contribution in [0.2, 0.25) is 0 Å². The number of aromatic nitrogens is 1. The summed E-state index contributed by atoms with van der Waals surface area (Å²) in [6.45, 7) is 0.640. The molecule has 0 aromatic carbocycles. The van der Waals surface area contributed by atoms with Gasteiger partial charge in [-0.15, -0.1) is 0 Å². The highest BCUT2D eigenvalue weighted by atomic mass is 79.9. The topological polar surface area (TPSA) is 22.1 Å². The molecule has 0 radical (unpaired) electrons. The van der Waals surface area contributed by atoms with E-state index in [4.69, 9.17) is 4.74 Å². The second kappa shape index (κ2) is 3.68. The highest BCUT2D eigenvalue weighted by Gasteiger charge is 1.91. The minimum atomic E-state index is 0.640. The molecule has 0 atom stereocenters. The Morgan fingerprint density at radius 3 is 3.10 bits per heavy atom. The summed E-state index contributed by atoms with van der Waals surface area (Å²) in [5.74, 6) is 0. The Bertz CT molecular complexity index is 215. The maximum atomic E-state index is 4.93.